The maximum Gasteiger partial charge on any atom is -0.00259 e. The Labute approximate surface area is 247 Å². The molecule has 0 nitrogen and oxygen atoms in total. The van der Waals surface area contributed by atoms with Gasteiger partial charge in [0.15, 0.2) is 0 Å². The monoisotopic (exact) mass is 536 g/mol. The van der Waals surface area contributed by atoms with Crippen molar-refractivity contribution in [3.63, 3.8) is 0 Å². The zero-order valence-electron chi connectivity index (χ0n) is 24.0. The lowest BCUT2D eigenvalue weighted by atomic mass is 9.84. The molecule has 0 heteroatoms. The molecule has 42 heavy (non-hydrogen) atoms. The van der Waals surface area contributed by atoms with Crippen molar-refractivity contribution in [1.82, 2.24) is 0 Å². The average molecular weight is 537 g/mol. The van der Waals surface area contributed by atoms with Crippen molar-refractivity contribution in [2.45, 2.75) is 13.8 Å². The van der Waals surface area contributed by atoms with Gasteiger partial charge < -0.3 is 0 Å². The number of hydrogen-bond acceptors (Lipinski definition) is 0. The van der Waals surface area contributed by atoms with Crippen LogP contribution in [0.1, 0.15) is 13.8 Å². The Balaban J connectivity index is 0.00000141. The highest BCUT2D eigenvalue weighted by Gasteiger charge is 2.18. The van der Waals surface area contributed by atoms with Crippen molar-refractivity contribution in [3.8, 4) is 33.4 Å². The van der Waals surface area contributed by atoms with Crippen molar-refractivity contribution in [2.24, 2.45) is 0 Å². The van der Waals surface area contributed by atoms with Crippen molar-refractivity contribution in [1.29, 1.82) is 0 Å². The first-order chi connectivity index (χ1) is 20.8. The van der Waals surface area contributed by atoms with Crippen LogP contribution in [0.2, 0.25) is 0 Å². The van der Waals surface area contributed by atoms with E-state index in [4.69, 9.17) is 0 Å². The fraction of sp³-hybridized carbons (Fsp3) is 0.0476. The Morgan fingerprint density at radius 2 is 0.690 bits per heavy atom. The Bertz CT molecular complexity index is 2200. The summed E-state index contributed by atoms with van der Waals surface area (Å²) in [5.41, 5.74) is 7.54. The second-order valence-corrected chi connectivity index (χ2v) is 10.5. The van der Waals surface area contributed by atoms with Crippen molar-refractivity contribution in [2.75, 3.05) is 0 Å². The van der Waals surface area contributed by atoms with E-state index in [1.807, 2.05) is 13.8 Å². The summed E-state index contributed by atoms with van der Waals surface area (Å²) >= 11 is 0. The van der Waals surface area contributed by atoms with Gasteiger partial charge in [-0.3, -0.25) is 0 Å². The second-order valence-electron chi connectivity index (χ2n) is 10.5. The molecule has 0 N–H and O–H groups in total. The first kappa shape index (κ1) is 25.7. The molecule has 0 saturated heterocycles. The van der Waals surface area contributed by atoms with Crippen LogP contribution >= 0.6 is 0 Å². The van der Waals surface area contributed by atoms with E-state index >= 15 is 0 Å². The second kappa shape index (κ2) is 11.0. The van der Waals surface area contributed by atoms with E-state index in [0.29, 0.717) is 0 Å². The van der Waals surface area contributed by atoms with Crippen molar-refractivity contribution < 1.29 is 0 Å². The first-order valence-electron chi connectivity index (χ1n) is 14.9. The third-order valence-corrected chi connectivity index (χ3v) is 8.21. The zero-order chi connectivity index (χ0) is 28.5. The van der Waals surface area contributed by atoms with Crippen LogP contribution < -0.4 is 0 Å². The normalized spacial score (nSPS) is 11.1. The SMILES string of the molecule is CC.c1ccc(-c2ccc3c(-c4ccc5ccccc5c4)c4ccccc4c(-c4ccc5ccccc5c4)c3c2)cc1. The molecule has 0 aliphatic heterocycles. The molecule has 0 aliphatic carbocycles. The van der Waals surface area contributed by atoms with Gasteiger partial charge in [-0.05, 0) is 94.7 Å². The van der Waals surface area contributed by atoms with Gasteiger partial charge in [-0.1, -0.05) is 153 Å². The van der Waals surface area contributed by atoms with Crippen LogP contribution in [0.4, 0.5) is 0 Å². The number of benzene rings is 8. The predicted molar refractivity (Wildman–Crippen MR) is 184 cm³/mol. The minimum absolute atomic E-state index is 1.23. The zero-order valence-corrected chi connectivity index (χ0v) is 24.0. The molecule has 0 heterocycles. The largest absolute Gasteiger partial charge is 0.0683 e. The summed E-state index contributed by atoms with van der Waals surface area (Å²) in [6, 6.07) is 57.6. The van der Waals surface area contributed by atoms with Gasteiger partial charge in [0.1, 0.15) is 0 Å². The fourth-order valence-electron chi connectivity index (χ4n) is 6.30. The summed E-state index contributed by atoms with van der Waals surface area (Å²) in [6.07, 6.45) is 0. The van der Waals surface area contributed by atoms with Gasteiger partial charge in [0.05, 0.1) is 0 Å². The van der Waals surface area contributed by atoms with Crippen molar-refractivity contribution in [3.05, 3.63) is 158 Å². The molecular weight excluding hydrogens is 504 g/mol. The Morgan fingerprint density at radius 3 is 1.26 bits per heavy atom. The van der Waals surface area contributed by atoms with Gasteiger partial charge in [0.25, 0.3) is 0 Å². The first-order valence-corrected chi connectivity index (χ1v) is 14.9. The third-order valence-electron chi connectivity index (χ3n) is 8.21. The smallest absolute Gasteiger partial charge is 0.00259 e. The van der Waals surface area contributed by atoms with E-state index < -0.39 is 0 Å². The molecule has 200 valence electrons. The Kier molecular flexibility index (Phi) is 6.74. The summed E-state index contributed by atoms with van der Waals surface area (Å²) < 4.78 is 0. The molecule has 0 unspecified atom stereocenters. The van der Waals surface area contributed by atoms with Crippen LogP contribution in [0.15, 0.2) is 158 Å². The molecule has 0 atom stereocenters. The quantitative estimate of drug-likeness (QED) is 0.197. The molecule has 0 spiro atoms. The molecule has 0 radical (unpaired) electrons. The van der Waals surface area contributed by atoms with Crippen LogP contribution in [0.3, 0.4) is 0 Å². The van der Waals surface area contributed by atoms with Crippen LogP contribution in [0.5, 0.6) is 0 Å². The molecule has 8 aromatic rings. The summed E-state index contributed by atoms with van der Waals surface area (Å²) in [4.78, 5) is 0. The Hall–Kier alpha value is -5.20. The summed E-state index contributed by atoms with van der Waals surface area (Å²) in [6.45, 7) is 4.00. The average Bonchev–Trinajstić information content (AvgIpc) is 3.08. The highest BCUT2D eigenvalue weighted by Crippen LogP contribution is 2.45. The summed E-state index contributed by atoms with van der Waals surface area (Å²) in [5, 5.41) is 10.2. The molecule has 0 fully saturated rings. The molecule has 0 aromatic heterocycles. The lowest BCUT2D eigenvalue weighted by molar-refractivity contribution is 1.50. The van der Waals surface area contributed by atoms with E-state index in [9.17, 15) is 0 Å². The van der Waals surface area contributed by atoms with E-state index in [0.717, 1.165) is 0 Å². The lowest BCUT2D eigenvalue weighted by Gasteiger charge is -2.19. The molecule has 0 aliphatic rings. The molecular formula is C42H32. The van der Waals surface area contributed by atoms with E-state index in [2.05, 4.69) is 158 Å². The fourth-order valence-corrected chi connectivity index (χ4v) is 6.30. The van der Waals surface area contributed by atoms with Gasteiger partial charge in [-0.15, -0.1) is 0 Å². The minimum Gasteiger partial charge on any atom is -0.0683 e. The summed E-state index contributed by atoms with van der Waals surface area (Å²) in [7, 11) is 0. The molecule has 0 bridgehead atoms. The van der Waals surface area contributed by atoms with Crippen LogP contribution in [0, 0.1) is 0 Å². The van der Waals surface area contributed by atoms with Gasteiger partial charge in [-0.25, -0.2) is 0 Å². The number of hydrogen-bond donors (Lipinski definition) is 0. The maximum absolute atomic E-state index is 2.40. The van der Waals surface area contributed by atoms with E-state index in [-0.39, 0.29) is 0 Å². The highest BCUT2D eigenvalue weighted by atomic mass is 14.2. The molecule has 8 aromatic carbocycles. The van der Waals surface area contributed by atoms with Crippen molar-refractivity contribution >= 4 is 43.1 Å². The van der Waals surface area contributed by atoms with E-state index in [1.54, 1.807) is 0 Å². The summed E-state index contributed by atoms with van der Waals surface area (Å²) in [5.74, 6) is 0. The predicted octanol–water partition coefficient (Wildman–Crippen LogP) is 12.3. The lowest BCUT2D eigenvalue weighted by Crippen LogP contribution is -1.92. The van der Waals surface area contributed by atoms with Gasteiger partial charge in [0.2, 0.25) is 0 Å². The number of rotatable bonds is 3. The third kappa shape index (κ3) is 4.42. The standard InChI is InChI=1S/C40H26.C2H6/c1-2-10-27(11-3-1)32-22-23-37-38(26-32)40(34-21-19-29-13-5-7-15-31(29)25-34)36-17-9-8-16-35(36)39(37)33-20-18-28-12-4-6-14-30(28)24-33;1-2/h1-26H;1-2H3. The topological polar surface area (TPSA) is 0 Å². The maximum atomic E-state index is 2.40. The molecule has 0 saturated carbocycles. The van der Waals surface area contributed by atoms with Gasteiger partial charge in [0, 0.05) is 0 Å². The van der Waals surface area contributed by atoms with E-state index in [1.165, 1.54) is 76.5 Å². The Morgan fingerprint density at radius 1 is 0.262 bits per heavy atom. The minimum atomic E-state index is 1.23. The molecule has 8 rings (SSSR count). The van der Waals surface area contributed by atoms with Gasteiger partial charge in [-0.2, -0.15) is 0 Å². The molecule has 0 amide bonds. The number of fused-ring (bicyclic) bond motifs is 4. The van der Waals surface area contributed by atoms with Crippen LogP contribution in [0.25, 0.3) is 76.5 Å². The van der Waals surface area contributed by atoms with Crippen LogP contribution in [-0.2, 0) is 0 Å². The highest BCUT2D eigenvalue weighted by molar-refractivity contribution is 6.22. The van der Waals surface area contributed by atoms with Crippen LogP contribution in [-0.4, -0.2) is 0 Å². The van der Waals surface area contributed by atoms with Gasteiger partial charge >= 0.3 is 0 Å².